The zero-order valence-electron chi connectivity index (χ0n) is 14.9. The van der Waals surface area contributed by atoms with Crippen LogP contribution < -0.4 is 14.8 Å². The van der Waals surface area contributed by atoms with Crippen LogP contribution in [0.1, 0.15) is 17.3 Å². The van der Waals surface area contributed by atoms with E-state index in [0.717, 1.165) is 0 Å². The molecule has 1 saturated heterocycles. The summed E-state index contributed by atoms with van der Waals surface area (Å²) >= 11 is 0. The van der Waals surface area contributed by atoms with E-state index in [-0.39, 0.29) is 25.5 Å². The van der Waals surface area contributed by atoms with E-state index in [9.17, 15) is 14.4 Å². The number of carbonyl (C=O) groups is 3. The first-order valence-corrected chi connectivity index (χ1v) is 8.02. The second-order valence-corrected chi connectivity index (χ2v) is 5.82. The maximum atomic E-state index is 12.3. The second kappa shape index (κ2) is 8.52. The van der Waals surface area contributed by atoms with Crippen LogP contribution in [-0.2, 0) is 14.3 Å². The van der Waals surface area contributed by atoms with Crippen LogP contribution in [0.3, 0.4) is 0 Å². The Bertz CT molecular complexity index is 692. The van der Waals surface area contributed by atoms with Crippen LogP contribution in [0.2, 0.25) is 0 Å². The van der Waals surface area contributed by atoms with E-state index in [0.29, 0.717) is 17.1 Å². The van der Waals surface area contributed by atoms with Crippen molar-refractivity contribution in [3.63, 3.8) is 0 Å². The van der Waals surface area contributed by atoms with Gasteiger partial charge in [-0.25, -0.2) is 4.79 Å². The van der Waals surface area contributed by atoms with Crippen molar-refractivity contribution in [1.29, 1.82) is 0 Å². The van der Waals surface area contributed by atoms with Gasteiger partial charge in [-0.3, -0.25) is 9.59 Å². The topological polar surface area (TPSA) is 114 Å². The molecule has 2 amide bonds. The Kier molecular flexibility index (Phi) is 6.40. The van der Waals surface area contributed by atoms with Gasteiger partial charge in [-0.2, -0.15) is 0 Å². The molecule has 1 fully saturated rings. The highest BCUT2D eigenvalue weighted by atomic mass is 16.5. The molecule has 26 heavy (non-hydrogen) atoms. The summed E-state index contributed by atoms with van der Waals surface area (Å²) in [7, 11) is 2.95. The molecule has 2 N–H and O–H groups in total. The molecule has 1 unspecified atom stereocenters. The van der Waals surface area contributed by atoms with Crippen LogP contribution in [0.15, 0.2) is 18.2 Å². The fourth-order valence-corrected chi connectivity index (χ4v) is 2.64. The van der Waals surface area contributed by atoms with Crippen molar-refractivity contribution in [1.82, 2.24) is 10.2 Å². The minimum Gasteiger partial charge on any atom is -0.493 e. The summed E-state index contributed by atoms with van der Waals surface area (Å²) in [5, 5.41) is 11.6. The molecule has 1 aliphatic rings. The van der Waals surface area contributed by atoms with E-state index >= 15 is 0 Å². The third-order valence-electron chi connectivity index (χ3n) is 3.93. The lowest BCUT2D eigenvalue weighted by atomic mass is 10.2. The monoisotopic (exact) mass is 366 g/mol. The molecule has 1 aliphatic heterocycles. The Morgan fingerprint density at radius 1 is 1.23 bits per heavy atom. The maximum Gasteiger partial charge on any atom is 0.334 e. The van der Waals surface area contributed by atoms with Gasteiger partial charge < -0.3 is 29.5 Å². The van der Waals surface area contributed by atoms with Crippen LogP contribution in [0, 0.1) is 0 Å². The smallest absolute Gasteiger partial charge is 0.334 e. The van der Waals surface area contributed by atoms with Gasteiger partial charge in [0.2, 0.25) is 5.91 Å². The minimum absolute atomic E-state index is 0.0509. The first-order valence-electron chi connectivity index (χ1n) is 8.02. The molecule has 1 aromatic rings. The number of carboxylic acids is 1. The summed E-state index contributed by atoms with van der Waals surface area (Å²) in [6.07, 6.45) is -1.46. The van der Waals surface area contributed by atoms with Crippen molar-refractivity contribution >= 4 is 17.8 Å². The highest BCUT2D eigenvalue weighted by molar-refractivity contribution is 5.97. The number of nitrogens with one attached hydrogen (secondary N) is 1. The molecule has 0 aromatic heterocycles. The average Bonchev–Trinajstić information content (AvgIpc) is 2.64. The lowest BCUT2D eigenvalue weighted by molar-refractivity contribution is -0.166. The summed E-state index contributed by atoms with van der Waals surface area (Å²) in [6.45, 7) is 1.67. The lowest BCUT2D eigenvalue weighted by Crippen LogP contribution is -2.53. The highest BCUT2D eigenvalue weighted by Crippen LogP contribution is 2.27. The van der Waals surface area contributed by atoms with Crippen LogP contribution in [-0.4, -0.2) is 73.9 Å². The number of morpholine rings is 1. The summed E-state index contributed by atoms with van der Waals surface area (Å²) in [4.78, 5) is 37.0. The second-order valence-electron chi connectivity index (χ2n) is 5.82. The zero-order chi connectivity index (χ0) is 19.3. The van der Waals surface area contributed by atoms with Crippen LogP contribution in [0.4, 0.5) is 0 Å². The molecule has 0 aliphatic carbocycles. The number of benzene rings is 1. The summed E-state index contributed by atoms with van der Waals surface area (Å²) in [5.41, 5.74) is 0.314. The average molecular weight is 366 g/mol. The normalized spacial score (nSPS) is 19.6. The van der Waals surface area contributed by atoms with E-state index < -0.39 is 24.1 Å². The summed E-state index contributed by atoms with van der Waals surface area (Å²) in [5.74, 6) is -1.06. The van der Waals surface area contributed by atoms with Crippen molar-refractivity contribution in [3.8, 4) is 11.5 Å². The van der Waals surface area contributed by atoms with Crippen molar-refractivity contribution in [2.75, 3.05) is 33.9 Å². The highest BCUT2D eigenvalue weighted by Gasteiger charge is 2.32. The fourth-order valence-electron chi connectivity index (χ4n) is 2.64. The third-order valence-corrected chi connectivity index (χ3v) is 3.93. The van der Waals surface area contributed by atoms with Crippen molar-refractivity contribution in [2.24, 2.45) is 0 Å². The van der Waals surface area contributed by atoms with Gasteiger partial charge in [0.15, 0.2) is 17.6 Å². The van der Waals surface area contributed by atoms with Gasteiger partial charge in [0, 0.05) is 12.1 Å². The predicted molar refractivity (Wildman–Crippen MR) is 90.4 cm³/mol. The van der Waals surface area contributed by atoms with E-state index in [1.54, 1.807) is 19.1 Å². The van der Waals surface area contributed by atoms with Crippen molar-refractivity contribution < 1.29 is 33.7 Å². The molecule has 2 rings (SSSR count). The van der Waals surface area contributed by atoms with Crippen LogP contribution >= 0.6 is 0 Å². The van der Waals surface area contributed by atoms with Gasteiger partial charge in [0.25, 0.3) is 5.91 Å². The van der Waals surface area contributed by atoms with Gasteiger partial charge in [-0.1, -0.05) is 0 Å². The first-order chi connectivity index (χ1) is 12.3. The van der Waals surface area contributed by atoms with Gasteiger partial charge in [0.05, 0.1) is 33.4 Å². The Morgan fingerprint density at radius 3 is 2.54 bits per heavy atom. The Hall–Kier alpha value is -2.81. The molecule has 0 bridgehead atoms. The number of rotatable bonds is 6. The zero-order valence-corrected chi connectivity index (χ0v) is 14.9. The fraction of sp³-hybridized carbons (Fsp3) is 0.471. The number of hydrogen-bond acceptors (Lipinski definition) is 6. The Morgan fingerprint density at radius 2 is 1.92 bits per heavy atom. The third kappa shape index (κ3) is 4.63. The predicted octanol–water partition coefficient (Wildman–Crippen LogP) is 0.134. The number of nitrogens with zero attached hydrogens (tertiary/aromatic N) is 1. The quantitative estimate of drug-likeness (QED) is 0.736. The molecule has 1 aromatic carbocycles. The summed E-state index contributed by atoms with van der Waals surface area (Å²) in [6, 6.07) is 4.66. The molecule has 2 atom stereocenters. The van der Waals surface area contributed by atoms with Gasteiger partial charge >= 0.3 is 5.97 Å². The van der Waals surface area contributed by atoms with E-state index in [1.807, 2.05) is 0 Å². The summed E-state index contributed by atoms with van der Waals surface area (Å²) < 4.78 is 15.5. The van der Waals surface area contributed by atoms with Gasteiger partial charge in [-0.05, 0) is 25.1 Å². The first kappa shape index (κ1) is 19.5. The number of hydrogen-bond donors (Lipinski definition) is 2. The van der Waals surface area contributed by atoms with E-state index in [2.05, 4.69) is 5.32 Å². The van der Waals surface area contributed by atoms with Gasteiger partial charge in [-0.15, -0.1) is 0 Å². The molecule has 0 spiro atoms. The number of carbonyl (C=O) groups excluding carboxylic acids is 2. The molecule has 9 nitrogen and oxygen atoms in total. The van der Waals surface area contributed by atoms with Crippen molar-refractivity contribution in [3.05, 3.63) is 23.8 Å². The van der Waals surface area contributed by atoms with Crippen LogP contribution in [0.5, 0.6) is 11.5 Å². The van der Waals surface area contributed by atoms with E-state index in [1.165, 1.54) is 25.2 Å². The molecule has 0 saturated carbocycles. The molecular formula is C17H22N2O7. The Balaban J connectivity index is 1.96. The lowest BCUT2D eigenvalue weighted by Gasteiger charge is -2.34. The SMILES string of the molecule is COc1ccc(C(=O)NCC(=O)N2CC(C(=O)O)O[C@H](C)C2)cc1OC. The number of carboxylic acid groups (broad SMARTS) is 1. The molecule has 142 valence electrons. The molecule has 1 heterocycles. The Labute approximate surface area is 150 Å². The molecular weight excluding hydrogens is 344 g/mol. The minimum atomic E-state index is -1.12. The molecule has 0 radical (unpaired) electrons. The number of methoxy groups -OCH3 is 2. The number of amides is 2. The number of ether oxygens (including phenoxy) is 3. The number of aliphatic carboxylic acids is 1. The maximum absolute atomic E-state index is 12.3. The standard InChI is InChI=1S/C17H22N2O7/c1-10-8-19(9-14(26-10)17(22)23)15(20)7-18-16(21)11-4-5-12(24-2)13(6-11)25-3/h4-6,10,14H,7-9H2,1-3H3,(H,18,21)(H,22,23)/t10-,14?/m1/s1. The van der Waals surface area contributed by atoms with Crippen molar-refractivity contribution in [2.45, 2.75) is 19.1 Å². The van der Waals surface area contributed by atoms with E-state index in [4.69, 9.17) is 19.3 Å². The molecule has 9 heteroatoms. The van der Waals surface area contributed by atoms with Crippen LogP contribution in [0.25, 0.3) is 0 Å². The largest absolute Gasteiger partial charge is 0.493 e. The van der Waals surface area contributed by atoms with Gasteiger partial charge in [0.1, 0.15) is 0 Å².